The maximum atomic E-state index is 5.21. The third kappa shape index (κ3) is 1.95. The van der Waals surface area contributed by atoms with Gasteiger partial charge in [0, 0.05) is 7.11 Å². The van der Waals surface area contributed by atoms with E-state index in [2.05, 4.69) is 37.8 Å². The molecule has 1 heteroatoms. The van der Waals surface area contributed by atoms with E-state index in [1.165, 1.54) is 5.56 Å². The molecule has 0 heterocycles. The average Bonchev–Trinajstić information content (AvgIpc) is 2.10. The number of hydrogen-bond acceptors (Lipinski definition) is 1. The van der Waals surface area contributed by atoms with Crippen molar-refractivity contribution < 1.29 is 4.74 Å². The summed E-state index contributed by atoms with van der Waals surface area (Å²) in [5, 5.41) is 0. The molecule has 0 bridgehead atoms. The molecule has 0 aliphatic heterocycles. The number of aryl methyl sites for hydroxylation is 1. The van der Waals surface area contributed by atoms with Crippen molar-refractivity contribution in [2.45, 2.75) is 13.0 Å². The van der Waals surface area contributed by atoms with Gasteiger partial charge in [0.05, 0.1) is 6.10 Å². The van der Waals surface area contributed by atoms with E-state index < -0.39 is 0 Å². The van der Waals surface area contributed by atoms with E-state index >= 15 is 0 Å². The third-order valence-corrected chi connectivity index (χ3v) is 1.87. The van der Waals surface area contributed by atoms with Crippen LogP contribution in [0.5, 0.6) is 0 Å². The standard InChI is InChI=1S/C11H14O/c1-4-11(12-3)10-7-5-9(2)6-8-10/h4-8,11H,1H2,2-3H3. The van der Waals surface area contributed by atoms with Crippen molar-refractivity contribution in [1.29, 1.82) is 0 Å². The van der Waals surface area contributed by atoms with Gasteiger partial charge in [-0.3, -0.25) is 0 Å². The number of ether oxygens (including phenoxy) is 1. The normalized spacial score (nSPS) is 12.5. The fourth-order valence-electron chi connectivity index (χ4n) is 1.12. The summed E-state index contributed by atoms with van der Waals surface area (Å²) in [5.74, 6) is 0. The Morgan fingerprint density at radius 2 is 1.92 bits per heavy atom. The molecule has 0 saturated heterocycles. The largest absolute Gasteiger partial charge is 0.373 e. The van der Waals surface area contributed by atoms with Gasteiger partial charge in [-0.1, -0.05) is 35.9 Å². The molecule has 12 heavy (non-hydrogen) atoms. The molecule has 0 fully saturated rings. The van der Waals surface area contributed by atoms with Crippen LogP contribution in [0.3, 0.4) is 0 Å². The van der Waals surface area contributed by atoms with Gasteiger partial charge in [0.25, 0.3) is 0 Å². The molecule has 0 aliphatic rings. The summed E-state index contributed by atoms with van der Waals surface area (Å²) in [6.45, 7) is 5.77. The smallest absolute Gasteiger partial charge is 0.1000 e. The molecule has 1 aromatic rings. The summed E-state index contributed by atoms with van der Waals surface area (Å²) in [5.41, 5.74) is 2.41. The van der Waals surface area contributed by atoms with Gasteiger partial charge < -0.3 is 4.74 Å². The Morgan fingerprint density at radius 1 is 1.33 bits per heavy atom. The summed E-state index contributed by atoms with van der Waals surface area (Å²) in [6, 6.07) is 8.27. The lowest BCUT2D eigenvalue weighted by Gasteiger charge is -2.10. The van der Waals surface area contributed by atoms with Crippen molar-refractivity contribution in [2.24, 2.45) is 0 Å². The zero-order chi connectivity index (χ0) is 8.97. The maximum Gasteiger partial charge on any atom is 0.1000 e. The van der Waals surface area contributed by atoms with Gasteiger partial charge >= 0.3 is 0 Å². The molecule has 1 rings (SSSR count). The molecule has 64 valence electrons. The SMILES string of the molecule is C=CC(OC)c1ccc(C)cc1. The highest BCUT2D eigenvalue weighted by molar-refractivity contribution is 5.25. The molecule has 0 spiro atoms. The van der Waals surface area contributed by atoms with Gasteiger partial charge in [-0.25, -0.2) is 0 Å². The molecule has 1 nitrogen and oxygen atoms in total. The minimum absolute atomic E-state index is 0.0191. The van der Waals surface area contributed by atoms with Crippen LogP contribution in [-0.2, 0) is 4.74 Å². The monoisotopic (exact) mass is 162 g/mol. The van der Waals surface area contributed by atoms with E-state index in [0.717, 1.165) is 5.56 Å². The van der Waals surface area contributed by atoms with Crippen LogP contribution in [0.15, 0.2) is 36.9 Å². The Balaban J connectivity index is 2.87. The molecule has 1 atom stereocenters. The first-order valence-electron chi connectivity index (χ1n) is 4.00. The quantitative estimate of drug-likeness (QED) is 0.621. The molecular formula is C11H14O. The van der Waals surface area contributed by atoms with Crippen LogP contribution in [0.25, 0.3) is 0 Å². The Kier molecular flexibility index (Phi) is 3.06. The first-order valence-corrected chi connectivity index (χ1v) is 4.00. The highest BCUT2D eigenvalue weighted by Gasteiger charge is 2.03. The Hall–Kier alpha value is -1.08. The van der Waals surface area contributed by atoms with Gasteiger partial charge in [0.1, 0.15) is 0 Å². The molecule has 0 amide bonds. The highest BCUT2D eigenvalue weighted by atomic mass is 16.5. The Bertz CT molecular complexity index is 248. The molecule has 0 N–H and O–H groups in total. The van der Waals surface area contributed by atoms with Gasteiger partial charge in [-0.15, -0.1) is 6.58 Å². The lowest BCUT2D eigenvalue weighted by atomic mass is 10.1. The summed E-state index contributed by atoms with van der Waals surface area (Å²) >= 11 is 0. The summed E-state index contributed by atoms with van der Waals surface area (Å²) < 4.78 is 5.21. The van der Waals surface area contributed by atoms with Crippen molar-refractivity contribution in [3.8, 4) is 0 Å². The second kappa shape index (κ2) is 4.07. The van der Waals surface area contributed by atoms with Crippen LogP contribution in [0, 0.1) is 6.92 Å². The molecule has 1 aromatic carbocycles. The van der Waals surface area contributed by atoms with Gasteiger partial charge in [-0.05, 0) is 12.5 Å². The van der Waals surface area contributed by atoms with Crippen molar-refractivity contribution >= 4 is 0 Å². The van der Waals surface area contributed by atoms with Crippen LogP contribution < -0.4 is 0 Å². The van der Waals surface area contributed by atoms with E-state index in [4.69, 9.17) is 4.74 Å². The zero-order valence-corrected chi connectivity index (χ0v) is 7.58. The van der Waals surface area contributed by atoms with Crippen LogP contribution in [0.2, 0.25) is 0 Å². The maximum absolute atomic E-state index is 5.21. The first-order chi connectivity index (χ1) is 5.77. The van der Waals surface area contributed by atoms with Crippen LogP contribution >= 0.6 is 0 Å². The third-order valence-electron chi connectivity index (χ3n) is 1.87. The van der Waals surface area contributed by atoms with Crippen molar-refractivity contribution in [2.75, 3.05) is 7.11 Å². The van der Waals surface area contributed by atoms with E-state index in [-0.39, 0.29) is 6.10 Å². The zero-order valence-electron chi connectivity index (χ0n) is 7.58. The molecular weight excluding hydrogens is 148 g/mol. The lowest BCUT2D eigenvalue weighted by Crippen LogP contribution is -1.96. The summed E-state index contributed by atoms with van der Waals surface area (Å²) in [6.07, 6.45) is 1.82. The summed E-state index contributed by atoms with van der Waals surface area (Å²) in [4.78, 5) is 0. The van der Waals surface area contributed by atoms with Crippen LogP contribution in [0.4, 0.5) is 0 Å². The van der Waals surface area contributed by atoms with E-state index in [0.29, 0.717) is 0 Å². The van der Waals surface area contributed by atoms with Crippen LogP contribution in [-0.4, -0.2) is 7.11 Å². The number of benzene rings is 1. The van der Waals surface area contributed by atoms with E-state index in [1.54, 1.807) is 13.2 Å². The van der Waals surface area contributed by atoms with Crippen molar-refractivity contribution in [1.82, 2.24) is 0 Å². The molecule has 0 aromatic heterocycles. The summed E-state index contributed by atoms with van der Waals surface area (Å²) in [7, 11) is 1.69. The first kappa shape index (κ1) is 9.01. The number of rotatable bonds is 3. The minimum Gasteiger partial charge on any atom is -0.373 e. The van der Waals surface area contributed by atoms with E-state index in [1.807, 2.05) is 0 Å². The lowest BCUT2D eigenvalue weighted by molar-refractivity contribution is 0.143. The highest BCUT2D eigenvalue weighted by Crippen LogP contribution is 2.17. The Labute approximate surface area is 73.7 Å². The fourth-order valence-corrected chi connectivity index (χ4v) is 1.12. The van der Waals surface area contributed by atoms with Crippen LogP contribution in [0.1, 0.15) is 17.2 Å². The minimum atomic E-state index is 0.0191. The molecule has 0 aliphatic carbocycles. The van der Waals surface area contributed by atoms with Gasteiger partial charge in [-0.2, -0.15) is 0 Å². The second-order valence-corrected chi connectivity index (χ2v) is 2.80. The van der Waals surface area contributed by atoms with Crippen molar-refractivity contribution in [3.05, 3.63) is 48.0 Å². The number of hydrogen-bond donors (Lipinski definition) is 0. The van der Waals surface area contributed by atoms with Crippen molar-refractivity contribution in [3.63, 3.8) is 0 Å². The fraction of sp³-hybridized carbons (Fsp3) is 0.273. The molecule has 0 saturated carbocycles. The predicted octanol–water partition coefficient (Wildman–Crippen LogP) is 2.87. The van der Waals surface area contributed by atoms with Gasteiger partial charge in [0.15, 0.2) is 0 Å². The average molecular weight is 162 g/mol. The topological polar surface area (TPSA) is 9.23 Å². The molecule has 0 radical (unpaired) electrons. The molecule has 1 unspecified atom stereocenters. The number of methoxy groups -OCH3 is 1. The predicted molar refractivity (Wildman–Crippen MR) is 51.1 cm³/mol. The van der Waals surface area contributed by atoms with E-state index in [9.17, 15) is 0 Å². The van der Waals surface area contributed by atoms with Gasteiger partial charge in [0.2, 0.25) is 0 Å². The second-order valence-electron chi connectivity index (χ2n) is 2.80. The Morgan fingerprint density at radius 3 is 2.33 bits per heavy atom.